The summed E-state index contributed by atoms with van der Waals surface area (Å²) in [5.41, 5.74) is 0. The first-order valence-corrected chi connectivity index (χ1v) is 3.84. The van der Waals surface area contributed by atoms with Crippen molar-refractivity contribution in [1.29, 1.82) is 0 Å². The molecule has 2 saturated heterocycles. The van der Waals surface area contributed by atoms with E-state index in [4.69, 9.17) is 9.47 Å². The molecule has 0 aromatic heterocycles. The van der Waals surface area contributed by atoms with Gasteiger partial charge in [-0.25, -0.2) is 0 Å². The highest BCUT2D eigenvalue weighted by atomic mass is 16.6. The van der Waals surface area contributed by atoms with E-state index in [0.717, 1.165) is 19.7 Å². The molecule has 0 radical (unpaired) electrons. The Bertz CT molecular complexity index is 129. The van der Waals surface area contributed by atoms with E-state index in [0.29, 0.717) is 12.2 Å². The first kappa shape index (κ1) is 6.58. The topological polar surface area (TPSA) is 30.5 Å². The van der Waals surface area contributed by atoms with Crippen LogP contribution in [0.5, 0.6) is 0 Å². The fraction of sp³-hybridized carbons (Fsp3) is 1.00. The Morgan fingerprint density at radius 3 is 3.00 bits per heavy atom. The van der Waals surface area contributed by atoms with E-state index in [1.165, 1.54) is 0 Å². The Morgan fingerprint density at radius 1 is 1.30 bits per heavy atom. The van der Waals surface area contributed by atoms with Gasteiger partial charge >= 0.3 is 0 Å². The zero-order valence-electron chi connectivity index (χ0n) is 6.17. The molecule has 3 heteroatoms. The highest BCUT2D eigenvalue weighted by Crippen LogP contribution is 2.16. The summed E-state index contributed by atoms with van der Waals surface area (Å²) in [5, 5.41) is 3.23. The highest BCUT2D eigenvalue weighted by Gasteiger charge is 2.33. The van der Waals surface area contributed by atoms with E-state index in [9.17, 15) is 0 Å². The van der Waals surface area contributed by atoms with Gasteiger partial charge in [-0.15, -0.1) is 0 Å². The fourth-order valence-electron chi connectivity index (χ4n) is 1.53. The first-order valence-electron chi connectivity index (χ1n) is 3.84. The summed E-state index contributed by atoms with van der Waals surface area (Å²) in [7, 11) is 0. The number of hydrogen-bond donors (Lipinski definition) is 1. The monoisotopic (exact) mass is 143 g/mol. The Balaban J connectivity index is 1.96. The van der Waals surface area contributed by atoms with Crippen molar-refractivity contribution in [1.82, 2.24) is 5.32 Å². The number of ether oxygens (including phenoxy) is 2. The Hall–Kier alpha value is -0.120. The third-order valence-electron chi connectivity index (χ3n) is 2.06. The maximum Gasteiger partial charge on any atom is 0.0977 e. The zero-order valence-corrected chi connectivity index (χ0v) is 6.17. The van der Waals surface area contributed by atoms with Gasteiger partial charge in [-0.2, -0.15) is 0 Å². The minimum absolute atomic E-state index is 0.279. The molecule has 3 atom stereocenters. The summed E-state index contributed by atoms with van der Waals surface area (Å²) >= 11 is 0. The van der Waals surface area contributed by atoms with Crippen molar-refractivity contribution in [3.63, 3.8) is 0 Å². The average Bonchev–Trinajstić information content (AvgIpc) is 2.33. The molecule has 3 nitrogen and oxygen atoms in total. The summed E-state index contributed by atoms with van der Waals surface area (Å²) in [6.07, 6.45) is 0.904. The van der Waals surface area contributed by atoms with Crippen molar-refractivity contribution < 1.29 is 9.47 Å². The molecule has 2 aliphatic rings. The van der Waals surface area contributed by atoms with Crippen LogP contribution >= 0.6 is 0 Å². The lowest BCUT2D eigenvalue weighted by Gasteiger charge is -2.29. The minimum atomic E-state index is 0.279. The van der Waals surface area contributed by atoms with Gasteiger partial charge in [0.2, 0.25) is 0 Å². The standard InChI is InChI=1S/C7H13NO2/c1-5-4-9-6-2-8-3-7(6)10-5/h5-8H,2-4H2,1H3. The number of rotatable bonds is 0. The Morgan fingerprint density at radius 2 is 2.10 bits per heavy atom. The van der Waals surface area contributed by atoms with Gasteiger partial charge in [-0.3, -0.25) is 0 Å². The van der Waals surface area contributed by atoms with Crippen molar-refractivity contribution in [2.24, 2.45) is 0 Å². The van der Waals surface area contributed by atoms with E-state index in [1.807, 2.05) is 0 Å². The molecule has 3 unspecified atom stereocenters. The molecule has 0 amide bonds. The lowest BCUT2D eigenvalue weighted by atomic mass is 10.2. The molecular formula is C7H13NO2. The molecule has 1 N–H and O–H groups in total. The van der Waals surface area contributed by atoms with Crippen molar-refractivity contribution in [2.45, 2.75) is 25.2 Å². The van der Waals surface area contributed by atoms with Crippen LogP contribution in [0, 0.1) is 0 Å². The van der Waals surface area contributed by atoms with Gasteiger partial charge in [0.15, 0.2) is 0 Å². The summed E-state index contributed by atoms with van der Waals surface area (Å²) in [4.78, 5) is 0. The largest absolute Gasteiger partial charge is 0.371 e. The normalized spacial score (nSPS) is 47.1. The molecule has 0 spiro atoms. The average molecular weight is 143 g/mol. The van der Waals surface area contributed by atoms with Crippen LogP contribution in [-0.2, 0) is 9.47 Å². The number of fused-ring (bicyclic) bond motifs is 1. The van der Waals surface area contributed by atoms with Gasteiger partial charge in [0.25, 0.3) is 0 Å². The van der Waals surface area contributed by atoms with Crippen molar-refractivity contribution in [2.75, 3.05) is 19.7 Å². The summed E-state index contributed by atoms with van der Waals surface area (Å²) in [6, 6.07) is 0. The van der Waals surface area contributed by atoms with E-state index in [2.05, 4.69) is 12.2 Å². The van der Waals surface area contributed by atoms with Crippen LogP contribution in [0.3, 0.4) is 0 Å². The predicted molar refractivity (Wildman–Crippen MR) is 36.9 cm³/mol. The lowest BCUT2D eigenvalue weighted by Crippen LogP contribution is -2.41. The van der Waals surface area contributed by atoms with Crippen LogP contribution < -0.4 is 5.32 Å². The molecule has 2 rings (SSSR count). The summed E-state index contributed by atoms with van der Waals surface area (Å²) in [5.74, 6) is 0. The molecular weight excluding hydrogens is 130 g/mol. The third kappa shape index (κ3) is 1.05. The smallest absolute Gasteiger partial charge is 0.0977 e. The summed E-state index contributed by atoms with van der Waals surface area (Å²) < 4.78 is 11.1. The summed E-state index contributed by atoms with van der Waals surface area (Å²) in [6.45, 7) is 4.71. The van der Waals surface area contributed by atoms with Crippen LogP contribution in [0.15, 0.2) is 0 Å². The lowest BCUT2D eigenvalue weighted by molar-refractivity contribution is -0.153. The number of nitrogens with one attached hydrogen (secondary N) is 1. The maximum atomic E-state index is 5.62. The van der Waals surface area contributed by atoms with Gasteiger partial charge in [0, 0.05) is 13.1 Å². The van der Waals surface area contributed by atoms with Crippen LogP contribution in [-0.4, -0.2) is 38.0 Å². The molecule has 10 heavy (non-hydrogen) atoms. The molecule has 2 heterocycles. The van der Waals surface area contributed by atoms with Crippen LogP contribution in [0.2, 0.25) is 0 Å². The van der Waals surface area contributed by atoms with Crippen LogP contribution in [0.25, 0.3) is 0 Å². The van der Waals surface area contributed by atoms with Crippen molar-refractivity contribution >= 4 is 0 Å². The second kappa shape index (κ2) is 2.49. The minimum Gasteiger partial charge on any atom is -0.371 e. The molecule has 0 aromatic rings. The Kier molecular flexibility index (Phi) is 1.64. The maximum absolute atomic E-state index is 5.62. The predicted octanol–water partition coefficient (Wildman–Crippen LogP) is -0.238. The quantitative estimate of drug-likeness (QED) is 0.508. The molecule has 0 bridgehead atoms. The number of hydrogen-bond acceptors (Lipinski definition) is 3. The van der Waals surface area contributed by atoms with Gasteiger partial charge in [0.1, 0.15) is 0 Å². The zero-order chi connectivity index (χ0) is 6.97. The molecule has 2 aliphatic heterocycles. The second-order valence-corrected chi connectivity index (χ2v) is 3.02. The van der Waals surface area contributed by atoms with Gasteiger partial charge in [-0.1, -0.05) is 0 Å². The second-order valence-electron chi connectivity index (χ2n) is 3.02. The van der Waals surface area contributed by atoms with E-state index < -0.39 is 0 Å². The molecule has 0 aromatic carbocycles. The highest BCUT2D eigenvalue weighted by molar-refractivity contribution is 4.86. The van der Waals surface area contributed by atoms with E-state index >= 15 is 0 Å². The van der Waals surface area contributed by atoms with E-state index in [1.54, 1.807) is 0 Å². The fourth-order valence-corrected chi connectivity index (χ4v) is 1.53. The SMILES string of the molecule is CC1COC2CNCC2O1. The Labute approximate surface area is 60.7 Å². The van der Waals surface area contributed by atoms with E-state index in [-0.39, 0.29) is 6.10 Å². The van der Waals surface area contributed by atoms with Gasteiger partial charge in [-0.05, 0) is 6.92 Å². The van der Waals surface area contributed by atoms with Gasteiger partial charge < -0.3 is 14.8 Å². The first-order chi connectivity index (χ1) is 4.86. The molecule has 0 aliphatic carbocycles. The molecule has 0 saturated carbocycles. The third-order valence-corrected chi connectivity index (χ3v) is 2.06. The van der Waals surface area contributed by atoms with Crippen molar-refractivity contribution in [3.05, 3.63) is 0 Å². The van der Waals surface area contributed by atoms with Crippen molar-refractivity contribution in [3.8, 4) is 0 Å². The van der Waals surface area contributed by atoms with Gasteiger partial charge in [0.05, 0.1) is 24.9 Å². The molecule has 2 fully saturated rings. The molecule has 58 valence electrons. The van der Waals surface area contributed by atoms with Crippen LogP contribution in [0.1, 0.15) is 6.92 Å². The van der Waals surface area contributed by atoms with Crippen LogP contribution in [0.4, 0.5) is 0 Å².